The topological polar surface area (TPSA) is 64.6 Å². The number of esters is 1. The molecule has 0 aliphatic rings. The highest BCUT2D eigenvalue weighted by Crippen LogP contribution is 2.20. The van der Waals surface area contributed by atoms with E-state index in [1.165, 1.54) is 0 Å². The predicted octanol–water partition coefficient (Wildman–Crippen LogP) is 3.86. The first-order valence-corrected chi connectivity index (χ1v) is 7.79. The summed E-state index contributed by atoms with van der Waals surface area (Å²) in [6.07, 6.45) is 0. The number of hydrogen-bond acceptors (Lipinski definition) is 4. The standard InChI is InChI=1S/C17H15Cl2NO4/c1-11-5-6-13(8-15(11)19)20-16(21)9-24-17(22)10-23-14-4-2-3-12(18)7-14/h2-8H,9-10H2,1H3,(H,20,21). The molecule has 2 aromatic rings. The van der Waals surface area contributed by atoms with Crippen LogP contribution in [0.4, 0.5) is 5.69 Å². The van der Waals surface area contributed by atoms with Crippen molar-refractivity contribution in [1.29, 1.82) is 0 Å². The van der Waals surface area contributed by atoms with Gasteiger partial charge in [-0.05, 0) is 42.8 Å². The van der Waals surface area contributed by atoms with Gasteiger partial charge in [0.15, 0.2) is 13.2 Å². The maximum absolute atomic E-state index is 11.7. The van der Waals surface area contributed by atoms with Gasteiger partial charge in [-0.25, -0.2) is 4.79 Å². The zero-order valence-electron chi connectivity index (χ0n) is 12.8. The molecule has 126 valence electrons. The Morgan fingerprint density at radius 2 is 1.88 bits per heavy atom. The molecular formula is C17H15Cl2NO4. The van der Waals surface area contributed by atoms with Crippen LogP contribution in [-0.2, 0) is 14.3 Å². The molecule has 2 aromatic carbocycles. The Bertz CT molecular complexity index is 749. The molecule has 0 fully saturated rings. The van der Waals surface area contributed by atoms with Crippen LogP contribution >= 0.6 is 23.2 Å². The van der Waals surface area contributed by atoms with Crippen molar-refractivity contribution in [2.75, 3.05) is 18.5 Å². The fourth-order valence-electron chi connectivity index (χ4n) is 1.75. The second-order valence-electron chi connectivity index (χ2n) is 4.92. The summed E-state index contributed by atoms with van der Waals surface area (Å²) in [7, 11) is 0. The van der Waals surface area contributed by atoms with Crippen molar-refractivity contribution in [2.24, 2.45) is 0 Å². The normalized spacial score (nSPS) is 10.1. The Morgan fingerprint density at radius 3 is 2.58 bits per heavy atom. The van der Waals surface area contributed by atoms with Gasteiger partial charge in [0.1, 0.15) is 5.75 Å². The third-order valence-electron chi connectivity index (χ3n) is 2.97. The quantitative estimate of drug-likeness (QED) is 0.787. The highest BCUT2D eigenvalue weighted by atomic mass is 35.5. The predicted molar refractivity (Wildman–Crippen MR) is 92.7 cm³/mol. The van der Waals surface area contributed by atoms with Crippen molar-refractivity contribution in [3.05, 3.63) is 58.1 Å². The summed E-state index contributed by atoms with van der Waals surface area (Å²) >= 11 is 11.8. The van der Waals surface area contributed by atoms with Gasteiger partial charge in [-0.1, -0.05) is 35.3 Å². The molecule has 24 heavy (non-hydrogen) atoms. The molecule has 5 nitrogen and oxygen atoms in total. The summed E-state index contributed by atoms with van der Waals surface area (Å²) in [4.78, 5) is 23.3. The van der Waals surface area contributed by atoms with Crippen LogP contribution in [0.15, 0.2) is 42.5 Å². The first-order chi connectivity index (χ1) is 11.4. The van der Waals surface area contributed by atoms with Crippen molar-refractivity contribution in [2.45, 2.75) is 6.92 Å². The van der Waals surface area contributed by atoms with Gasteiger partial charge in [0, 0.05) is 15.7 Å². The van der Waals surface area contributed by atoms with Gasteiger partial charge in [0.05, 0.1) is 0 Å². The molecule has 2 rings (SSSR count). The maximum Gasteiger partial charge on any atom is 0.344 e. The van der Waals surface area contributed by atoms with Gasteiger partial charge in [-0.3, -0.25) is 4.79 Å². The third kappa shape index (κ3) is 5.76. The summed E-state index contributed by atoms with van der Waals surface area (Å²) in [5, 5.41) is 3.63. The lowest BCUT2D eigenvalue weighted by atomic mass is 10.2. The minimum absolute atomic E-state index is 0.315. The molecule has 0 aliphatic heterocycles. The number of benzene rings is 2. The fraction of sp³-hybridized carbons (Fsp3) is 0.176. The number of hydrogen-bond donors (Lipinski definition) is 1. The summed E-state index contributed by atoms with van der Waals surface area (Å²) in [5.41, 5.74) is 1.43. The van der Waals surface area contributed by atoms with Crippen molar-refractivity contribution >= 4 is 40.8 Å². The van der Waals surface area contributed by atoms with Crippen LogP contribution in [0.5, 0.6) is 5.75 Å². The van der Waals surface area contributed by atoms with E-state index in [-0.39, 0.29) is 6.61 Å². The smallest absolute Gasteiger partial charge is 0.344 e. The lowest BCUT2D eigenvalue weighted by Crippen LogP contribution is -2.23. The highest BCUT2D eigenvalue weighted by molar-refractivity contribution is 6.31. The number of aryl methyl sites for hydroxylation is 1. The minimum atomic E-state index is -0.660. The summed E-state index contributed by atoms with van der Waals surface area (Å²) in [5.74, 6) is -0.684. The van der Waals surface area contributed by atoms with Crippen LogP contribution in [0.3, 0.4) is 0 Å². The van der Waals surface area contributed by atoms with Gasteiger partial charge in [-0.15, -0.1) is 0 Å². The van der Waals surface area contributed by atoms with Crippen LogP contribution in [0.2, 0.25) is 10.0 Å². The fourth-order valence-corrected chi connectivity index (χ4v) is 2.12. The molecule has 0 spiro atoms. The number of carbonyl (C=O) groups is 2. The van der Waals surface area contributed by atoms with E-state index in [9.17, 15) is 9.59 Å². The molecule has 0 unspecified atom stereocenters. The molecule has 0 bridgehead atoms. The molecule has 0 atom stereocenters. The Kier molecular flexibility index (Phi) is 6.46. The Balaban J connectivity index is 1.74. The van der Waals surface area contributed by atoms with E-state index in [2.05, 4.69) is 5.32 Å². The van der Waals surface area contributed by atoms with Crippen LogP contribution in [0.25, 0.3) is 0 Å². The number of halogens is 2. The molecular weight excluding hydrogens is 353 g/mol. The maximum atomic E-state index is 11.7. The van der Waals surface area contributed by atoms with E-state index >= 15 is 0 Å². The van der Waals surface area contributed by atoms with Crippen molar-refractivity contribution in [1.82, 2.24) is 0 Å². The molecule has 7 heteroatoms. The van der Waals surface area contributed by atoms with Gasteiger partial charge in [0.25, 0.3) is 5.91 Å². The zero-order chi connectivity index (χ0) is 17.5. The van der Waals surface area contributed by atoms with Crippen LogP contribution in [-0.4, -0.2) is 25.1 Å². The first-order valence-electron chi connectivity index (χ1n) is 7.04. The second kappa shape index (κ2) is 8.57. The zero-order valence-corrected chi connectivity index (χ0v) is 14.4. The average molecular weight is 368 g/mol. The number of carbonyl (C=O) groups excluding carboxylic acids is 2. The number of anilines is 1. The largest absolute Gasteiger partial charge is 0.482 e. The van der Waals surface area contributed by atoms with E-state index in [0.29, 0.717) is 21.5 Å². The summed E-state index contributed by atoms with van der Waals surface area (Å²) in [6.45, 7) is 1.13. The van der Waals surface area contributed by atoms with Crippen molar-refractivity contribution in [3.63, 3.8) is 0 Å². The number of nitrogens with one attached hydrogen (secondary N) is 1. The molecule has 0 heterocycles. The molecule has 0 saturated carbocycles. The minimum Gasteiger partial charge on any atom is -0.482 e. The molecule has 0 radical (unpaired) electrons. The Hall–Kier alpha value is -2.24. The van der Waals surface area contributed by atoms with Crippen LogP contribution < -0.4 is 10.1 Å². The molecule has 0 aromatic heterocycles. The van der Waals surface area contributed by atoms with Gasteiger partial charge < -0.3 is 14.8 Å². The lowest BCUT2D eigenvalue weighted by molar-refractivity contribution is -0.149. The SMILES string of the molecule is Cc1ccc(NC(=O)COC(=O)COc2cccc(Cl)c2)cc1Cl. The van der Waals surface area contributed by atoms with Crippen LogP contribution in [0.1, 0.15) is 5.56 Å². The van der Waals surface area contributed by atoms with Gasteiger partial charge in [-0.2, -0.15) is 0 Å². The second-order valence-corrected chi connectivity index (χ2v) is 5.76. The van der Waals surface area contributed by atoms with E-state index in [1.807, 2.05) is 6.92 Å². The Morgan fingerprint density at radius 1 is 1.08 bits per heavy atom. The summed E-state index contributed by atoms with van der Waals surface area (Å²) in [6, 6.07) is 11.7. The summed E-state index contributed by atoms with van der Waals surface area (Å²) < 4.78 is 10.1. The molecule has 0 saturated heterocycles. The average Bonchev–Trinajstić information content (AvgIpc) is 2.54. The Labute approximate surface area is 149 Å². The number of ether oxygens (including phenoxy) is 2. The number of amides is 1. The van der Waals surface area contributed by atoms with E-state index in [1.54, 1.807) is 42.5 Å². The lowest BCUT2D eigenvalue weighted by Gasteiger charge is -2.09. The number of rotatable bonds is 6. The van der Waals surface area contributed by atoms with E-state index in [0.717, 1.165) is 5.56 Å². The molecule has 1 N–H and O–H groups in total. The van der Waals surface area contributed by atoms with E-state index in [4.69, 9.17) is 32.7 Å². The van der Waals surface area contributed by atoms with Crippen molar-refractivity contribution in [3.8, 4) is 5.75 Å². The van der Waals surface area contributed by atoms with Gasteiger partial charge >= 0.3 is 5.97 Å². The van der Waals surface area contributed by atoms with E-state index < -0.39 is 18.5 Å². The van der Waals surface area contributed by atoms with Crippen molar-refractivity contribution < 1.29 is 19.1 Å². The molecule has 0 aliphatic carbocycles. The highest BCUT2D eigenvalue weighted by Gasteiger charge is 2.09. The van der Waals surface area contributed by atoms with Crippen LogP contribution in [0, 0.1) is 6.92 Å². The van der Waals surface area contributed by atoms with Gasteiger partial charge in [0.2, 0.25) is 0 Å². The molecule has 1 amide bonds. The third-order valence-corrected chi connectivity index (χ3v) is 3.61. The first kappa shape index (κ1) is 18.1. The monoisotopic (exact) mass is 367 g/mol.